The molecular formula is C17H17N3O5. The van der Waals surface area contributed by atoms with Crippen molar-refractivity contribution < 1.29 is 19.2 Å². The Morgan fingerprint density at radius 2 is 1.88 bits per heavy atom. The Hall–Kier alpha value is -3.42. The first-order valence-electron chi connectivity index (χ1n) is 7.32. The van der Waals surface area contributed by atoms with E-state index in [4.69, 9.17) is 4.74 Å². The zero-order chi connectivity index (χ0) is 18.6. The Kier molecular flexibility index (Phi) is 5.33. The molecule has 8 nitrogen and oxygen atoms in total. The number of benzene rings is 2. The standard InChI is InChI=1S/C17H17N3O5/c1-11-8-9-12(20(23)24)10-14(11)18-17(22)19(2)15-7-5-4-6-13(15)16(21)25-3/h4-10H,1-3H3,(H,18,22). The lowest BCUT2D eigenvalue weighted by molar-refractivity contribution is -0.384. The average Bonchev–Trinajstić information content (AvgIpc) is 2.61. The van der Waals surface area contributed by atoms with Crippen LogP contribution in [-0.2, 0) is 4.74 Å². The first-order chi connectivity index (χ1) is 11.8. The van der Waals surface area contributed by atoms with E-state index in [1.807, 2.05) is 0 Å². The van der Waals surface area contributed by atoms with Crippen LogP contribution in [0.4, 0.5) is 21.9 Å². The van der Waals surface area contributed by atoms with Gasteiger partial charge in [-0.1, -0.05) is 18.2 Å². The van der Waals surface area contributed by atoms with Crippen LogP contribution in [-0.4, -0.2) is 31.1 Å². The topological polar surface area (TPSA) is 102 Å². The number of para-hydroxylation sites is 1. The molecule has 1 N–H and O–H groups in total. The maximum Gasteiger partial charge on any atom is 0.339 e. The first-order valence-corrected chi connectivity index (χ1v) is 7.32. The van der Waals surface area contributed by atoms with Gasteiger partial charge in [-0.05, 0) is 24.6 Å². The Bertz CT molecular complexity index is 835. The molecule has 130 valence electrons. The molecule has 8 heteroatoms. The number of carbonyl (C=O) groups is 2. The van der Waals surface area contributed by atoms with Crippen LogP contribution >= 0.6 is 0 Å². The molecule has 0 heterocycles. The number of nitrogens with one attached hydrogen (secondary N) is 1. The van der Waals surface area contributed by atoms with Gasteiger partial charge in [-0.3, -0.25) is 15.0 Å². The van der Waals surface area contributed by atoms with E-state index in [2.05, 4.69) is 5.32 Å². The number of carbonyl (C=O) groups excluding carboxylic acids is 2. The van der Waals surface area contributed by atoms with E-state index < -0.39 is 16.9 Å². The van der Waals surface area contributed by atoms with Crippen molar-refractivity contribution >= 4 is 29.1 Å². The van der Waals surface area contributed by atoms with Crippen LogP contribution in [0.25, 0.3) is 0 Å². The summed E-state index contributed by atoms with van der Waals surface area (Å²) in [6.07, 6.45) is 0. The summed E-state index contributed by atoms with van der Waals surface area (Å²) >= 11 is 0. The van der Waals surface area contributed by atoms with Gasteiger partial charge >= 0.3 is 12.0 Å². The quantitative estimate of drug-likeness (QED) is 0.521. The molecule has 25 heavy (non-hydrogen) atoms. The van der Waals surface area contributed by atoms with E-state index in [0.29, 0.717) is 16.9 Å². The number of anilines is 2. The third kappa shape index (κ3) is 3.92. The van der Waals surface area contributed by atoms with Gasteiger partial charge in [0.2, 0.25) is 0 Å². The highest BCUT2D eigenvalue weighted by molar-refractivity contribution is 6.06. The number of nitrogens with zero attached hydrogens (tertiary/aromatic N) is 2. The summed E-state index contributed by atoms with van der Waals surface area (Å²) in [6.45, 7) is 1.72. The molecule has 0 saturated heterocycles. The number of nitro groups is 1. The second-order valence-electron chi connectivity index (χ2n) is 5.25. The SMILES string of the molecule is COC(=O)c1ccccc1N(C)C(=O)Nc1cc([N+](=O)[O-])ccc1C. The summed E-state index contributed by atoms with van der Waals surface area (Å²) in [4.78, 5) is 35.9. The van der Waals surface area contributed by atoms with Crippen LogP contribution in [0.2, 0.25) is 0 Å². The molecule has 0 fully saturated rings. The normalized spacial score (nSPS) is 10.0. The Morgan fingerprint density at radius 3 is 2.52 bits per heavy atom. The van der Waals surface area contributed by atoms with Crippen molar-refractivity contribution in [2.24, 2.45) is 0 Å². The molecule has 0 aliphatic carbocycles. The van der Waals surface area contributed by atoms with Gasteiger partial charge in [0.15, 0.2) is 0 Å². The van der Waals surface area contributed by atoms with E-state index in [1.165, 1.54) is 31.2 Å². The number of urea groups is 1. The lowest BCUT2D eigenvalue weighted by atomic mass is 10.1. The van der Waals surface area contributed by atoms with Gasteiger partial charge in [-0.2, -0.15) is 0 Å². The Balaban J connectivity index is 2.29. The smallest absolute Gasteiger partial charge is 0.339 e. The number of hydrogen-bond donors (Lipinski definition) is 1. The van der Waals surface area contributed by atoms with Crippen molar-refractivity contribution in [3.05, 3.63) is 63.7 Å². The number of hydrogen-bond acceptors (Lipinski definition) is 5. The lowest BCUT2D eigenvalue weighted by Gasteiger charge is -2.21. The molecule has 2 aromatic rings. The molecule has 0 saturated carbocycles. The third-order valence-electron chi connectivity index (χ3n) is 3.65. The van der Waals surface area contributed by atoms with Crippen LogP contribution in [0, 0.1) is 17.0 Å². The summed E-state index contributed by atoms with van der Waals surface area (Å²) in [5.74, 6) is -0.568. The van der Waals surface area contributed by atoms with Crippen molar-refractivity contribution in [2.45, 2.75) is 6.92 Å². The first kappa shape index (κ1) is 17.9. The monoisotopic (exact) mass is 343 g/mol. The van der Waals surface area contributed by atoms with Gasteiger partial charge in [-0.15, -0.1) is 0 Å². The van der Waals surface area contributed by atoms with Crippen molar-refractivity contribution in [1.29, 1.82) is 0 Å². The minimum absolute atomic E-state index is 0.126. The molecule has 0 bridgehead atoms. The predicted octanol–water partition coefficient (Wildman–Crippen LogP) is 3.36. The number of methoxy groups -OCH3 is 1. The molecule has 0 unspecified atom stereocenters. The second kappa shape index (κ2) is 7.43. The third-order valence-corrected chi connectivity index (χ3v) is 3.65. The Morgan fingerprint density at radius 1 is 1.20 bits per heavy atom. The molecule has 2 amide bonds. The minimum atomic E-state index is -0.568. The maximum absolute atomic E-state index is 12.5. The zero-order valence-electron chi connectivity index (χ0n) is 14.0. The molecule has 2 rings (SSSR count). The highest BCUT2D eigenvalue weighted by Gasteiger charge is 2.20. The average molecular weight is 343 g/mol. The fraction of sp³-hybridized carbons (Fsp3) is 0.176. The lowest BCUT2D eigenvalue weighted by Crippen LogP contribution is -2.32. The van der Waals surface area contributed by atoms with E-state index in [1.54, 1.807) is 37.3 Å². The number of rotatable bonds is 4. The van der Waals surface area contributed by atoms with Gasteiger partial charge in [0.05, 0.1) is 29.0 Å². The van der Waals surface area contributed by atoms with Crippen molar-refractivity contribution in [3.8, 4) is 0 Å². The molecule has 0 aliphatic rings. The largest absolute Gasteiger partial charge is 0.465 e. The van der Waals surface area contributed by atoms with Crippen LogP contribution in [0.1, 0.15) is 15.9 Å². The van der Waals surface area contributed by atoms with Crippen molar-refractivity contribution in [1.82, 2.24) is 0 Å². The summed E-state index contributed by atoms with van der Waals surface area (Å²) < 4.78 is 4.71. The predicted molar refractivity (Wildman–Crippen MR) is 93.0 cm³/mol. The van der Waals surface area contributed by atoms with Crippen molar-refractivity contribution in [3.63, 3.8) is 0 Å². The number of aryl methyl sites for hydroxylation is 1. The fourth-order valence-electron chi connectivity index (χ4n) is 2.22. The van der Waals surface area contributed by atoms with Crippen LogP contribution in [0.3, 0.4) is 0 Å². The van der Waals surface area contributed by atoms with E-state index in [0.717, 1.165) is 0 Å². The van der Waals surface area contributed by atoms with E-state index in [9.17, 15) is 19.7 Å². The number of non-ortho nitro benzene ring substituents is 1. The van der Waals surface area contributed by atoms with Gasteiger partial charge in [-0.25, -0.2) is 9.59 Å². The van der Waals surface area contributed by atoms with Gasteiger partial charge < -0.3 is 10.1 Å². The molecule has 0 aromatic heterocycles. The molecule has 2 aromatic carbocycles. The molecule has 0 spiro atoms. The highest BCUT2D eigenvalue weighted by atomic mass is 16.6. The molecular weight excluding hydrogens is 326 g/mol. The Labute approximate surface area is 144 Å². The number of ether oxygens (including phenoxy) is 1. The summed E-state index contributed by atoms with van der Waals surface area (Å²) in [5, 5.41) is 13.5. The molecule has 0 aliphatic heterocycles. The number of amides is 2. The maximum atomic E-state index is 12.5. The van der Waals surface area contributed by atoms with E-state index >= 15 is 0 Å². The van der Waals surface area contributed by atoms with Crippen LogP contribution in [0.5, 0.6) is 0 Å². The summed E-state index contributed by atoms with van der Waals surface area (Å²) in [6, 6.07) is 10.1. The minimum Gasteiger partial charge on any atom is -0.465 e. The van der Waals surface area contributed by atoms with Crippen LogP contribution < -0.4 is 10.2 Å². The van der Waals surface area contributed by atoms with E-state index in [-0.39, 0.29) is 11.3 Å². The second-order valence-corrected chi connectivity index (χ2v) is 5.25. The summed E-state index contributed by atoms with van der Waals surface area (Å²) in [5.41, 5.74) is 1.46. The number of nitro benzene ring substituents is 1. The van der Waals surface area contributed by atoms with Crippen molar-refractivity contribution in [2.75, 3.05) is 24.4 Å². The zero-order valence-corrected chi connectivity index (χ0v) is 14.0. The number of esters is 1. The van der Waals surface area contributed by atoms with Crippen LogP contribution in [0.15, 0.2) is 42.5 Å². The highest BCUT2D eigenvalue weighted by Crippen LogP contribution is 2.24. The van der Waals surface area contributed by atoms with Gasteiger partial charge in [0.1, 0.15) is 0 Å². The molecule has 0 radical (unpaired) electrons. The summed E-state index contributed by atoms with van der Waals surface area (Å²) in [7, 11) is 2.75. The van der Waals surface area contributed by atoms with Gasteiger partial charge in [0.25, 0.3) is 5.69 Å². The molecule has 0 atom stereocenters. The fourth-order valence-corrected chi connectivity index (χ4v) is 2.22. The van der Waals surface area contributed by atoms with Gasteiger partial charge in [0, 0.05) is 19.2 Å².